The van der Waals surface area contributed by atoms with Crippen LogP contribution >= 0.6 is 11.8 Å². The van der Waals surface area contributed by atoms with Crippen LogP contribution < -0.4 is 0 Å². The highest BCUT2D eigenvalue weighted by Crippen LogP contribution is 2.29. The summed E-state index contributed by atoms with van der Waals surface area (Å²) in [7, 11) is 0. The maximum Gasteiger partial charge on any atom is 0.335 e. The lowest BCUT2D eigenvalue weighted by Crippen LogP contribution is -2.40. The molecule has 0 unspecified atom stereocenters. The molecule has 1 aliphatic heterocycles. The van der Waals surface area contributed by atoms with Gasteiger partial charge in [0.2, 0.25) is 0 Å². The van der Waals surface area contributed by atoms with Gasteiger partial charge in [-0.25, -0.2) is 4.79 Å². The number of carboxylic acid groups (broad SMARTS) is 1. The zero-order chi connectivity index (χ0) is 15.1. The van der Waals surface area contributed by atoms with Crippen LogP contribution in [-0.4, -0.2) is 45.3 Å². The van der Waals surface area contributed by atoms with Gasteiger partial charge in [-0.15, -0.1) is 0 Å². The first-order chi connectivity index (χ1) is 9.26. The zero-order valence-corrected chi connectivity index (χ0v) is 12.3. The smallest absolute Gasteiger partial charge is 0.335 e. The molecule has 1 aromatic rings. The van der Waals surface area contributed by atoms with E-state index in [1.807, 2.05) is 20.1 Å². The Kier molecular flexibility index (Phi) is 3.60. The van der Waals surface area contributed by atoms with Gasteiger partial charge in [-0.2, -0.15) is 11.8 Å². The second-order valence-electron chi connectivity index (χ2n) is 5.23. The minimum atomic E-state index is -1.11. The van der Waals surface area contributed by atoms with Crippen LogP contribution in [0.3, 0.4) is 0 Å². The summed E-state index contributed by atoms with van der Waals surface area (Å²) in [4.78, 5) is 36.6. The van der Waals surface area contributed by atoms with E-state index in [1.165, 1.54) is 23.1 Å². The van der Waals surface area contributed by atoms with Crippen molar-refractivity contribution in [1.82, 2.24) is 4.90 Å². The molecule has 0 radical (unpaired) electrons. The lowest BCUT2D eigenvalue weighted by Gasteiger charge is -2.27. The lowest BCUT2D eigenvalue weighted by atomic mass is 10.1. The Morgan fingerprint density at radius 3 is 2.40 bits per heavy atom. The number of amides is 2. The lowest BCUT2D eigenvalue weighted by molar-refractivity contribution is 0.0642. The van der Waals surface area contributed by atoms with E-state index in [0.29, 0.717) is 6.54 Å². The summed E-state index contributed by atoms with van der Waals surface area (Å²) in [5.41, 5.74) is 0.458. The Morgan fingerprint density at radius 2 is 1.85 bits per heavy atom. The predicted octanol–water partition coefficient (Wildman–Crippen LogP) is 2.12. The molecule has 0 saturated carbocycles. The second kappa shape index (κ2) is 4.94. The molecule has 1 aliphatic rings. The van der Waals surface area contributed by atoms with E-state index in [2.05, 4.69) is 0 Å². The van der Waals surface area contributed by atoms with E-state index in [0.717, 1.165) is 0 Å². The molecule has 1 aromatic carbocycles. The molecule has 0 aliphatic carbocycles. The molecule has 20 heavy (non-hydrogen) atoms. The number of imide groups is 1. The molecular formula is C14H15NO4S. The Bertz CT molecular complexity index is 609. The van der Waals surface area contributed by atoms with Crippen molar-refractivity contribution >= 4 is 29.5 Å². The monoisotopic (exact) mass is 293 g/mol. The van der Waals surface area contributed by atoms with Gasteiger partial charge in [-0.3, -0.25) is 14.5 Å². The number of carboxylic acids is 1. The first kappa shape index (κ1) is 14.6. The number of hydrogen-bond acceptors (Lipinski definition) is 4. The number of hydrogen-bond donors (Lipinski definition) is 1. The summed E-state index contributed by atoms with van der Waals surface area (Å²) < 4.78 is -0.247. The van der Waals surface area contributed by atoms with E-state index in [4.69, 9.17) is 5.11 Å². The minimum Gasteiger partial charge on any atom is -0.478 e. The van der Waals surface area contributed by atoms with Gasteiger partial charge in [0.1, 0.15) is 0 Å². The summed E-state index contributed by atoms with van der Waals surface area (Å²) in [6, 6.07) is 4.02. The molecule has 0 spiro atoms. The molecule has 106 valence electrons. The van der Waals surface area contributed by atoms with Crippen molar-refractivity contribution in [3.8, 4) is 0 Å². The maximum absolute atomic E-state index is 12.3. The van der Waals surface area contributed by atoms with Crippen molar-refractivity contribution in [2.24, 2.45) is 0 Å². The molecular weight excluding hydrogens is 278 g/mol. The van der Waals surface area contributed by atoms with Crippen LogP contribution in [0.25, 0.3) is 0 Å². The number of benzene rings is 1. The first-order valence-electron chi connectivity index (χ1n) is 6.05. The van der Waals surface area contributed by atoms with E-state index >= 15 is 0 Å². The Hall–Kier alpha value is -1.82. The quantitative estimate of drug-likeness (QED) is 0.861. The number of carbonyl (C=O) groups is 3. The molecule has 5 nitrogen and oxygen atoms in total. The highest BCUT2D eigenvalue weighted by atomic mass is 32.2. The van der Waals surface area contributed by atoms with Gasteiger partial charge in [0.05, 0.1) is 16.7 Å². The Morgan fingerprint density at radius 1 is 1.25 bits per heavy atom. The van der Waals surface area contributed by atoms with Crippen LogP contribution in [0.2, 0.25) is 0 Å². The molecule has 1 N–H and O–H groups in total. The fourth-order valence-corrected chi connectivity index (χ4v) is 2.27. The number of aromatic carboxylic acids is 1. The molecule has 2 amide bonds. The van der Waals surface area contributed by atoms with Crippen LogP contribution in [0.15, 0.2) is 18.2 Å². The number of rotatable bonds is 4. The van der Waals surface area contributed by atoms with Gasteiger partial charge in [0, 0.05) is 11.3 Å². The van der Waals surface area contributed by atoms with E-state index in [-0.39, 0.29) is 27.3 Å². The largest absolute Gasteiger partial charge is 0.478 e. The van der Waals surface area contributed by atoms with Crippen LogP contribution in [0.1, 0.15) is 44.9 Å². The number of fused-ring (bicyclic) bond motifs is 1. The van der Waals surface area contributed by atoms with E-state index in [9.17, 15) is 14.4 Å². The Balaban J connectivity index is 2.38. The fourth-order valence-electron chi connectivity index (χ4n) is 2.01. The van der Waals surface area contributed by atoms with Gasteiger partial charge >= 0.3 is 5.97 Å². The molecule has 0 aromatic heterocycles. The molecule has 6 heteroatoms. The summed E-state index contributed by atoms with van der Waals surface area (Å²) in [5.74, 6) is -1.89. The summed E-state index contributed by atoms with van der Waals surface area (Å²) >= 11 is 1.56. The highest BCUT2D eigenvalue weighted by Gasteiger charge is 2.38. The third-order valence-corrected chi connectivity index (χ3v) is 4.54. The topological polar surface area (TPSA) is 74.7 Å². The predicted molar refractivity (Wildman–Crippen MR) is 76.4 cm³/mol. The third-order valence-electron chi connectivity index (χ3n) is 3.31. The van der Waals surface area contributed by atoms with Crippen molar-refractivity contribution < 1.29 is 19.5 Å². The summed E-state index contributed by atoms with van der Waals surface area (Å²) in [5, 5.41) is 8.95. The molecule has 0 bridgehead atoms. The van der Waals surface area contributed by atoms with Gasteiger partial charge in [-0.05, 0) is 38.3 Å². The second-order valence-corrected chi connectivity index (χ2v) is 6.74. The van der Waals surface area contributed by atoms with E-state index in [1.54, 1.807) is 11.8 Å². The SMILES string of the molecule is CSC(C)(C)CN1C(=O)c2ccc(C(=O)O)cc2C1=O. The summed E-state index contributed by atoms with van der Waals surface area (Å²) in [6.07, 6.45) is 1.92. The van der Waals surface area contributed by atoms with Crippen LogP contribution in [-0.2, 0) is 0 Å². The van der Waals surface area contributed by atoms with E-state index < -0.39 is 11.9 Å². The average molecular weight is 293 g/mol. The average Bonchev–Trinajstić information content (AvgIpc) is 2.63. The van der Waals surface area contributed by atoms with Gasteiger partial charge < -0.3 is 5.11 Å². The number of carbonyl (C=O) groups excluding carboxylic acids is 2. The zero-order valence-electron chi connectivity index (χ0n) is 11.5. The van der Waals surface area contributed by atoms with Crippen molar-refractivity contribution in [3.05, 3.63) is 34.9 Å². The maximum atomic E-state index is 12.3. The van der Waals surface area contributed by atoms with Crippen molar-refractivity contribution in [2.75, 3.05) is 12.8 Å². The third kappa shape index (κ3) is 2.43. The summed E-state index contributed by atoms with van der Waals surface area (Å²) in [6.45, 7) is 4.19. The Labute approximate surface area is 121 Å². The van der Waals surface area contributed by atoms with Crippen LogP contribution in [0.4, 0.5) is 0 Å². The van der Waals surface area contributed by atoms with Crippen molar-refractivity contribution in [1.29, 1.82) is 0 Å². The molecule has 2 rings (SSSR count). The standard InChI is InChI=1S/C14H15NO4S/c1-14(2,20-3)7-15-11(16)9-5-4-8(13(18)19)6-10(9)12(15)17/h4-6H,7H2,1-3H3,(H,18,19). The molecule has 1 heterocycles. The normalized spacial score (nSPS) is 14.7. The van der Waals surface area contributed by atoms with Gasteiger partial charge in [0.25, 0.3) is 11.8 Å². The van der Waals surface area contributed by atoms with Gasteiger partial charge in [-0.1, -0.05) is 0 Å². The molecule has 0 fully saturated rings. The van der Waals surface area contributed by atoms with Crippen molar-refractivity contribution in [2.45, 2.75) is 18.6 Å². The van der Waals surface area contributed by atoms with Crippen molar-refractivity contribution in [3.63, 3.8) is 0 Å². The molecule has 0 atom stereocenters. The molecule has 0 saturated heterocycles. The van der Waals surface area contributed by atoms with Crippen LogP contribution in [0, 0.1) is 0 Å². The number of thioether (sulfide) groups is 1. The number of nitrogens with zero attached hydrogens (tertiary/aromatic N) is 1. The first-order valence-corrected chi connectivity index (χ1v) is 7.28. The highest BCUT2D eigenvalue weighted by molar-refractivity contribution is 7.99. The minimum absolute atomic E-state index is 0.0101. The van der Waals surface area contributed by atoms with Gasteiger partial charge in [0.15, 0.2) is 0 Å². The van der Waals surface area contributed by atoms with Crippen LogP contribution in [0.5, 0.6) is 0 Å². The fraction of sp³-hybridized carbons (Fsp3) is 0.357.